The fourth-order valence-electron chi connectivity index (χ4n) is 2.51. The lowest BCUT2D eigenvalue weighted by Crippen LogP contribution is -2.30. The first-order chi connectivity index (χ1) is 12.8. The first-order valence-electron chi connectivity index (χ1n) is 8.14. The minimum absolute atomic E-state index is 0.0247. The summed E-state index contributed by atoms with van der Waals surface area (Å²) in [6.45, 7) is 0.0345. The Morgan fingerprint density at radius 3 is 2.85 bits per heavy atom. The number of rotatable bonds is 7. The minimum atomic E-state index is -4.40. The highest BCUT2D eigenvalue weighted by Crippen LogP contribution is 2.36. The molecule has 0 fully saturated rings. The van der Waals surface area contributed by atoms with E-state index in [4.69, 9.17) is 16.3 Å². The van der Waals surface area contributed by atoms with E-state index in [1.807, 2.05) is 0 Å². The molecule has 2 rings (SSSR count). The zero-order valence-electron chi connectivity index (χ0n) is 14.1. The Labute approximate surface area is 158 Å². The maximum atomic E-state index is 12.7. The van der Waals surface area contributed by atoms with Crippen LogP contribution in [0.5, 0.6) is 5.75 Å². The number of carbonyl (C=O) groups is 2. The van der Waals surface area contributed by atoms with Crippen molar-refractivity contribution >= 4 is 29.6 Å². The molecule has 0 aromatic heterocycles. The molecular formula is C18H17ClF3NO4. The number of hydrogen-bond acceptors (Lipinski definition) is 5. The van der Waals surface area contributed by atoms with E-state index in [-0.39, 0.29) is 25.9 Å². The van der Waals surface area contributed by atoms with Gasteiger partial charge in [0.1, 0.15) is 12.4 Å². The quantitative estimate of drug-likeness (QED) is 0.385. The molecule has 0 spiro atoms. The molecule has 1 aliphatic rings. The third kappa shape index (κ3) is 7.05. The molecular weight excluding hydrogens is 387 g/mol. The molecule has 146 valence electrons. The van der Waals surface area contributed by atoms with E-state index in [2.05, 4.69) is 9.99 Å². The first kappa shape index (κ1) is 21.0. The highest BCUT2D eigenvalue weighted by atomic mass is 35.5. The number of carbonyl (C=O) groups excluding carboxylic acids is 2. The number of halogens is 4. The van der Waals surface area contributed by atoms with Gasteiger partial charge in [0.15, 0.2) is 5.78 Å². The molecule has 0 aliphatic heterocycles. The Morgan fingerprint density at radius 2 is 2.15 bits per heavy atom. The molecule has 5 nitrogen and oxygen atoms in total. The summed E-state index contributed by atoms with van der Waals surface area (Å²) >= 11 is 5.80. The van der Waals surface area contributed by atoms with E-state index < -0.39 is 29.8 Å². The zero-order chi connectivity index (χ0) is 19.9. The summed E-state index contributed by atoms with van der Waals surface area (Å²) in [6, 6.07) is 6.69. The van der Waals surface area contributed by atoms with Crippen LogP contribution in [0.2, 0.25) is 5.02 Å². The van der Waals surface area contributed by atoms with Gasteiger partial charge in [0.2, 0.25) is 0 Å². The monoisotopic (exact) mass is 403 g/mol. The summed E-state index contributed by atoms with van der Waals surface area (Å²) in [7, 11) is 0. The molecule has 2 atom stereocenters. The summed E-state index contributed by atoms with van der Waals surface area (Å²) in [5.74, 6) is -3.16. The van der Waals surface area contributed by atoms with Crippen molar-refractivity contribution in [1.82, 2.24) is 0 Å². The fraction of sp³-hybridized carbons (Fsp3) is 0.389. The Kier molecular flexibility index (Phi) is 7.41. The SMILES string of the molecule is O=C(CCC1CC(C(F)(F)F)C=CC1=O)O/N=C/COc1cccc(Cl)c1. The van der Waals surface area contributed by atoms with Crippen molar-refractivity contribution in [2.45, 2.75) is 25.4 Å². The number of alkyl halides is 3. The highest BCUT2D eigenvalue weighted by Gasteiger charge is 2.42. The number of allylic oxidation sites excluding steroid dienone is 2. The molecule has 9 heteroatoms. The summed E-state index contributed by atoms with van der Waals surface area (Å²) in [5.41, 5.74) is 0. The maximum Gasteiger partial charge on any atom is 0.395 e. The standard InChI is InChI=1S/C18H17ClF3NO4/c19-14-2-1-3-15(11-14)26-9-8-23-27-17(25)7-4-12-10-13(18(20,21)22)5-6-16(12)24/h1-3,5-6,8,11-13H,4,7,9-10H2/b23-8+. The number of hydrogen-bond donors (Lipinski definition) is 0. The van der Waals surface area contributed by atoms with Gasteiger partial charge in [-0.15, -0.1) is 0 Å². The maximum absolute atomic E-state index is 12.7. The predicted octanol–water partition coefficient (Wildman–Crippen LogP) is 4.35. The summed E-state index contributed by atoms with van der Waals surface area (Å²) in [5, 5.41) is 3.94. The number of ketones is 1. The Bertz CT molecular complexity index is 734. The molecule has 0 N–H and O–H groups in total. The van der Waals surface area contributed by atoms with Gasteiger partial charge in [0, 0.05) is 17.4 Å². The van der Waals surface area contributed by atoms with E-state index in [1.54, 1.807) is 24.3 Å². The second-order valence-electron chi connectivity index (χ2n) is 5.90. The summed E-state index contributed by atoms with van der Waals surface area (Å²) in [6.07, 6.45) is -1.98. The molecule has 1 aliphatic carbocycles. The smallest absolute Gasteiger partial charge is 0.395 e. The summed E-state index contributed by atoms with van der Waals surface area (Å²) < 4.78 is 43.5. The molecule has 0 saturated heterocycles. The largest absolute Gasteiger partial charge is 0.488 e. The average Bonchev–Trinajstić information content (AvgIpc) is 2.60. The van der Waals surface area contributed by atoms with Gasteiger partial charge in [-0.25, -0.2) is 4.79 Å². The van der Waals surface area contributed by atoms with Crippen LogP contribution in [0.3, 0.4) is 0 Å². The summed E-state index contributed by atoms with van der Waals surface area (Å²) in [4.78, 5) is 27.9. The highest BCUT2D eigenvalue weighted by molar-refractivity contribution is 6.30. The molecule has 1 aromatic carbocycles. The van der Waals surface area contributed by atoms with Crippen LogP contribution in [0.25, 0.3) is 0 Å². The van der Waals surface area contributed by atoms with Gasteiger partial charge in [0.25, 0.3) is 0 Å². The van der Waals surface area contributed by atoms with Gasteiger partial charge in [-0.3, -0.25) is 4.79 Å². The van der Waals surface area contributed by atoms with Crippen molar-refractivity contribution < 1.29 is 32.3 Å². The number of benzene rings is 1. The molecule has 1 aromatic rings. The number of nitrogens with zero attached hydrogens (tertiary/aromatic N) is 1. The van der Waals surface area contributed by atoms with Crippen molar-refractivity contribution in [2.24, 2.45) is 17.0 Å². The third-order valence-corrected chi connectivity index (χ3v) is 4.14. The molecule has 0 heterocycles. The third-order valence-electron chi connectivity index (χ3n) is 3.90. The van der Waals surface area contributed by atoms with Crippen LogP contribution in [0.1, 0.15) is 19.3 Å². The van der Waals surface area contributed by atoms with Crippen molar-refractivity contribution in [3.8, 4) is 5.75 Å². The van der Waals surface area contributed by atoms with Gasteiger partial charge < -0.3 is 9.57 Å². The van der Waals surface area contributed by atoms with Crippen LogP contribution in [-0.2, 0) is 14.4 Å². The Hall–Kier alpha value is -2.35. The number of ether oxygens (including phenoxy) is 1. The fourth-order valence-corrected chi connectivity index (χ4v) is 2.69. The number of oxime groups is 1. The zero-order valence-corrected chi connectivity index (χ0v) is 14.9. The van der Waals surface area contributed by atoms with Crippen LogP contribution in [0.15, 0.2) is 41.6 Å². The molecule has 0 radical (unpaired) electrons. The van der Waals surface area contributed by atoms with E-state index in [0.29, 0.717) is 10.8 Å². The minimum Gasteiger partial charge on any atom is -0.488 e. The van der Waals surface area contributed by atoms with Crippen LogP contribution in [0, 0.1) is 11.8 Å². The normalized spacial score (nSPS) is 20.1. The van der Waals surface area contributed by atoms with E-state index in [9.17, 15) is 22.8 Å². The lowest BCUT2D eigenvalue weighted by molar-refractivity contribution is -0.167. The van der Waals surface area contributed by atoms with Crippen LogP contribution >= 0.6 is 11.6 Å². The van der Waals surface area contributed by atoms with Crippen molar-refractivity contribution in [3.63, 3.8) is 0 Å². The van der Waals surface area contributed by atoms with Crippen molar-refractivity contribution in [1.29, 1.82) is 0 Å². The van der Waals surface area contributed by atoms with Gasteiger partial charge in [-0.2, -0.15) is 13.2 Å². The van der Waals surface area contributed by atoms with Crippen LogP contribution < -0.4 is 4.74 Å². The molecule has 0 saturated carbocycles. The van der Waals surface area contributed by atoms with Gasteiger partial charge in [-0.05, 0) is 37.1 Å². The van der Waals surface area contributed by atoms with Crippen molar-refractivity contribution in [3.05, 3.63) is 41.4 Å². The molecule has 0 bridgehead atoms. The predicted molar refractivity (Wildman–Crippen MR) is 92.6 cm³/mol. The molecule has 0 amide bonds. The second kappa shape index (κ2) is 9.55. The van der Waals surface area contributed by atoms with Crippen molar-refractivity contribution in [2.75, 3.05) is 6.61 Å². The van der Waals surface area contributed by atoms with E-state index in [0.717, 1.165) is 12.2 Å². The molecule has 2 unspecified atom stereocenters. The van der Waals surface area contributed by atoms with Gasteiger partial charge >= 0.3 is 12.1 Å². The Morgan fingerprint density at radius 1 is 1.37 bits per heavy atom. The lowest BCUT2D eigenvalue weighted by atomic mass is 9.83. The van der Waals surface area contributed by atoms with E-state index in [1.165, 1.54) is 6.21 Å². The molecule has 27 heavy (non-hydrogen) atoms. The Balaban J connectivity index is 1.70. The van der Waals surface area contributed by atoms with Gasteiger partial charge in [-0.1, -0.05) is 28.9 Å². The lowest BCUT2D eigenvalue weighted by Gasteiger charge is -2.25. The van der Waals surface area contributed by atoms with Gasteiger partial charge in [0.05, 0.1) is 12.1 Å². The van der Waals surface area contributed by atoms with Crippen LogP contribution in [0.4, 0.5) is 13.2 Å². The first-order valence-corrected chi connectivity index (χ1v) is 8.52. The van der Waals surface area contributed by atoms with Crippen LogP contribution in [-0.4, -0.2) is 30.8 Å². The second-order valence-corrected chi connectivity index (χ2v) is 6.34. The average molecular weight is 404 g/mol. The van der Waals surface area contributed by atoms with E-state index >= 15 is 0 Å². The topological polar surface area (TPSA) is 65.0 Å².